The van der Waals surface area contributed by atoms with E-state index in [0.717, 1.165) is 0 Å². The Labute approximate surface area is 262 Å². The molecule has 4 amide bonds. The summed E-state index contributed by atoms with van der Waals surface area (Å²) in [6, 6.07) is -2.74. The number of nitrogens with zero attached hydrogens (tertiary/aromatic N) is 1. The number of alkyl carbamates (subject to hydrolysis) is 1. The molecule has 1 aliphatic carbocycles. The summed E-state index contributed by atoms with van der Waals surface area (Å²) in [4.78, 5) is 66.8. The number of hydrogen-bond donors (Lipinski definition) is 4. The number of amides is 4. The molecule has 44 heavy (non-hydrogen) atoms. The van der Waals surface area contributed by atoms with E-state index in [1.807, 2.05) is 34.6 Å². The van der Waals surface area contributed by atoms with Crippen LogP contribution in [0, 0.1) is 23.2 Å². The maximum absolute atomic E-state index is 14.0. The number of fused-ring (bicyclic) bond motifs is 1. The van der Waals surface area contributed by atoms with Crippen molar-refractivity contribution in [1.29, 1.82) is 0 Å². The monoisotopic (exact) mass is 622 g/mol. The summed E-state index contributed by atoms with van der Waals surface area (Å²) in [5.41, 5.74) is -0.834. The van der Waals surface area contributed by atoms with Crippen LogP contribution in [0.1, 0.15) is 87.5 Å². The molecule has 0 aromatic heterocycles. The van der Waals surface area contributed by atoms with Gasteiger partial charge in [-0.1, -0.05) is 47.1 Å². The molecule has 0 aromatic carbocycles. The van der Waals surface area contributed by atoms with Crippen LogP contribution in [0.3, 0.4) is 0 Å². The van der Waals surface area contributed by atoms with Gasteiger partial charge in [0, 0.05) is 19.5 Å². The molecule has 1 saturated heterocycles. The van der Waals surface area contributed by atoms with Gasteiger partial charge in [0.05, 0.1) is 12.6 Å². The highest BCUT2D eigenvalue weighted by Gasteiger charge is 2.69. The van der Waals surface area contributed by atoms with Crippen molar-refractivity contribution in [2.75, 3.05) is 19.7 Å². The zero-order chi connectivity index (χ0) is 33.4. The van der Waals surface area contributed by atoms with Crippen molar-refractivity contribution in [3.63, 3.8) is 0 Å². The first-order valence-corrected chi connectivity index (χ1v) is 15.8. The molecule has 6 atom stereocenters. The van der Waals surface area contributed by atoms with Gasteiger partial charge < -0.3 is 35.4 Å². The first kappa shape index (κ1) is 37.0. The van der Waals surface area contributed by atoms with Gasteiger partial charge >= 0.3 is 12.1 Å². The molecule has 0 aromatic rings. The quantitative estimate of drug-likeness (QED) is 0.151. The van der Waals surface area contributed by atoms with Crippen molar-refractivity contribution in [2.45, 2.75) is 117 Å². The van der Waals surface area contributed by atoms with E-state index in [1.54, 1.807) is 20.8 Å². The lowest BCUT2D eigenvalue weighted by atomic mass is 9.97. The Balaban J connectivity index is 2.25. The van der Waals surface area contributed by atoms with E-state index in [4.69, 9.17) is 9.47 Å². The van der Waals surface area contributed by atoms with Crippen molar-refractivity contribution >= 4 is 29.8 Å². The van der Waals surface area contributed by atoms with E-state index in [-0.39, 0.29) is 55.6 Å². The molecule has 1 saturated carbocycles. The number of carbonyl (C=O) groups excluding carboxylic acids is 5. The Morgan fingerprint density at radius 3 is 2.34 bits per heavy atom. The molecule has 12 heteroatoms. The predicted octanol–water partition coefficient (Wildman–Crippen LogP) is 2.68. The number of piperidine rings is 1. The predicted molar refractivity (Wildman–Crippen MR) is 165 cm³/mol. The van der Waals surface area contributed by atoms with Crippen LogP contribution in [-0.2, 0) is 28.7 Å². The minimum Gasteiger partial charge on any atom is -0.460 e. The molecule has 1 heterocycles. The fraction of sp³-hybridized carbons (Fsp3) is 0.781. The molecule has 2 rings (SSSR count). The Morgan fingerprint density at radius 1 is 1.11 bits per heavy atom. The fourth-order valence-corrected chi connectivity index (χ4v) is 5.89. The molecular weight excluding hydrogens is 568 g/mol. The lowest BCUT2D eigenvalue weighted by Gasteiger charge is -2.34. The summed E-state index contributed by atoms with van der Waals surface area (Å²) in [6.07, 6.45) is 0.666. The van der Waals surface area contributed by atoms with Gasteiger partial charge in [0.25, 0.3) is 5.91 Å². The maximum Gasteiger partial charge on any atom is 0.407 e. The van der Waals surface area contributed by atoms with Gasteiger partial charge in [-0.3, -0.25) is 19.2 Å². The topological polar surface area (TPSA) is 163 Å². The van der Waals surface area contributed by atoms with Crippen LogP contribution in [0.5, 0.6) is 0 Å². The molecule has 250 valence electrons. The summed E-state index contributed by atoms with van der Waals surface area (Å²) in [6.45, 7) is 19.3. The average molecular weight is 623 g/mol. The van der Waals surface area contributed by atoms with Crippen LogP contribution in [0.15, 0.2) is 12.7 Å². The summed E-state index contributed by atoms with van der Waals surface area (Å²) in [5.74, 6) is -1.91. The highest BCUT2D eigenvalue weighted by Crippen LogP contribution is 2.65. The highest BCUT2D eigenvalue weighted by atomic mass is 16.6. The van der Waals surface area contributed by atoms with E-state index in [2.05, 4.69) is 22.5 Å². The second kappa shape index (κ2) is 15.7. The van der Waals surface area contributed by atoms with Crippen LogP contribution < -0.4 is 16.0 Å². The largest absolute Gasteiger partial charge is 0.460 e. The Bertz CT molecular complexity index is 1050. The number of aliphatic hydroxyl groups is 1. The number of likely N-dealkylation sites (tertiary alicyclic amines) is 1. The first-order valence-electron chi connectivity index (χ1n) is 15.8. The number of rotatable bonds is 16. The smallest absolute Gasteiger partial charge is 0.407 e. The molecule has 4 N–H and O–H groups in total. The maximum atomic E-state index is 14.0. The van der Waals surface area contributed by atoms with Crippen molar-refractivity contribution in [3.05, 3.63) is 12.7 Å². The number of esters is 1. The molecule has 2 aliphatic rings. The first-order chi connectivity index (χ1) is 20.4. The lowest BCUT2D eigenvalue weighted by molar-refractivity contribution is -0.155. The molecule has 1 aliphatic heterocycles. The van der Waals surface area contributed by atoms with Crippen LogP contribution in [0.4, 0.5) is 4.79 Å². The van der Waals surface area contributed by atoms with Gasteiger partial charge in [0.2, 0.25) is 11.8 Å². The van der Waals surface area contributed by atoms with Crippen LogP contribution in [0.25, 0.3) is 0 Å². The minimum atomic E-state index is -1.48. The van der Waals surface area contributed by atoms with Gasteiger partial charge in [0.15, 0.2) is 6.10 Å². The average Bonchev–Trinajstić information content (AvgIpc) is 3.24. The Morgan fingerprint density at radius 2 is 1.77 bits per heavy atom. The van der Waals surface area contributed by atoms with Gasteiger partial charge in [-0.15, -0.1) is 6.58 Å². The molecule has 6 unspecified atom stereocenters. The molecule has 12 nitrogen and oxygen atoms in total. The molecule has 0 spiro atoms. The number of nitrogens with one attached hydrogen (secondary N) is 3. The van der Waals surface area contributed by atoms with E-state index in [1.165, 1.54) is 11.0 Å². The minimum absolute atomic E-state index is 0.0521. The third-order valence-electron chi connectivity index (χ3n) is 8.19. The van der Waals surface area contributed by atoms with E-state index >= 15 is 0 Å². The van der Waals surface area contributed by atoms with Gasteiger partial charge in [-0.2, -0.15) is 0 Å². The van der Waals surface area contributed by atoms with E-state index in [9.17, 15) is 29.1 Å². The van der Waals surface area contributed by atoms with Crippen LogP contribution >= 0.6 is 0 Å². The standard InChI is InChI=1S/C32H54N4O8/c1-10-13-21(26(38)28(40)33-16-11-2)34-27(39)25-24-20(32(24,8)9)17-36(25)29(41)22(35-30(42)43-18-19(3)4)14-12-15-23(37)44-31(5,6)7/h11,19-22,24-26,38H,2,10,12-18H2,1,3-9H3,(H,33,40)(H,34,39)(H,35,42). The van der Waals surface area contributed by atoms with Crippen molar-refractivity contribution in [3.8, 4) is 0 Å². The van der Waals surface area contributed by atoms with Crippen molar-refractivity contribution < 1.29 is 38.6 Å². The fourth-order valence-electron chi connectivity index (χ4n) is 5.89. The van der Waals surface area contributed by atoms with E-state index < -0.39 is 59.6 Å². The van der Waals surface area contributed by atoms with Gasteiger partial charge in [-0.25, -0.2) is 4.79 Å². The summed E-state index contributed by atoms with van der Waals surface area (Å²) in [7, 11) is 0. The zero-order valence-electron chi connectivity index (χ0n) is 27.7. The molecular formula is C32H54N4O8. The Kier molecular flexibility index (Phi) is 13.2. The normalized spacial score (nSPS) is 22.2. The second-order valence-electron chi connectivity index (χ2n) is 13.9. The number of carbonyl (C=O) groups is 5. The summed E-state index contributed by atoms with van der Waals surface area (Å²) < 4.78 is 10.6. The van der Waals surface area contributed by atoms with Crippen molar-refractivity contribution in [1.82, 2.24) is 20.9 Å². The molecule has 0 bridgehead atoms. The highest BCUT2D eigenvalue weighted by molar-refractivity contribution is 5.93. The number of hydrogen-bond acceptors (Lipinski definition) is 8. The number of aliphatic hydroxyl groups excluding tert-OH is 1. The third kappa shape index (κ3) is 10.2. The third-order valence-corrected chi connectivity index (χ3v) is 8.19. The van der Waals surface area contributed by atoms with Crippen LogP contribution in [-0.4, -0.2) is 89.3 Å². The summed E-state index contributed by atoms with van der Waals surface area (Å²) in [5, 5.41) is 18.8. The number of ether oxygens (including phenoxy) is 2. The van der Waals surface area contributed by atoms with Crippen molar-refractivity contribution in [2.24, 2.45) is 23.2 Å². The van der Waals surface area contributed by atoms with Gasteiger partial charge in [0.1, 0.15) is 17.7 Å². The van der Waals surface area contributed by atoms with E-state index in [0.29, 0.717) is 19.4 Å². The molecule has 2 fully saturated rings. The molecule has 0 radical (unpaired) electrons. The Hall–Kier alpha value is -3.15. The summed E-state index contributed by atoms with van der Waals surface area (Å²) >= 11 is 0. The van der Waals surface area contributed by atoms with Gasteiger partial charge in [-0.05, 0) is 63.2 Å². The lowest BCUT2D eigenvalue weighted by Crippen LogP contribution is -2.59. The zero-order valence-corrected chi connectivity index (χ0v) is 27.7. The SMILES string of the molecule is C=CCNC(=O)C(O)C(CCC)NC(=O)C1C2C(CN1C(=O)C(CCCC(=O)OC(C)(C)C)NC(=O)OCC(C)C)C2(C)C. The van der Waals surface area contributed by atoms with Crippen LogP contribution in [0.2, 0.25) is 0 Å². The second-order valence-corrected chi connectivity index (χ2v) is 13.9.